The summed E-state index contributed by atoms with van der Waals surface area (Å²) in [5, 5.41) is 6.72. The molecule has 0 saturated carbocycles. The van der Waals surface area contributed by atoms with Gasteiger partial charge in [0.15, 0.2) is 0 Å². The number of amides is 2. The van der Waals surface area contributed by atoms with Crippen LogP contribution in [0.4, 0.5) is 10.5 Å². The molecule has 1 fully saturated rings. The molecule has 1 N–H and O–H groups in total. The van der Waals surface area contributed by atoms with Crippen LogP contribution in [-0.4, -0.2) is 42.9 Å². The van der Waals surface area contributed by atoms with Crippen LogP contribution in [0.15, 0.2) is 23.4 Å². The van der Waals surface area contributed by atoms with Gasteiger partial charge >= 0.3 is 6.09 Å². The number of hydrogen-bond acceptors (Lipinski definition) is 6. The van der Waals surface area contributed by atoms with E-state index in [4.69, 9.17) is 9.57 Å². The van der Waals surface area contributed by atoms with E-state index in [1.54, 1.807) is 4.90 Å². The summed E-state index contributed by atoms with van der Waals surface area (Å²) in [5.41, 5.74) is 1.80. The number of carbonyl (C=O) groups is 2. The standard InChI is InChI=1S/C16H20N4O4S/c1-4-19-13-6-5-11(7-14(13)25-15(19)18-23-3)20-9-12(24-16(20)22)8-17-10(2)21/h5-7,12H,4,8-9H2,1-3H3,(H,17,21)/b18-15+/t12-/m0/s1. The summed E-state index contributed by atoms with van der Waals surface area (Å²) in [5.74, 6) is -0.145. The van der Waals surface area contributed by atoms with Crippen LogP contribution in [0, 0.1) is 0 Å². The van der Waals surface area contributed by atoms with Gasteiger partial charge in [0.1, 0.15) is 13.2 Å². The lowest BCUT2D eigenvalue weighted by Crippen LogP contribution is -2.33. The number of thiazole rings is 1. The Morgan fingerprint density at radius 1 is 1.52 bits per heavy atom. The first-order valence-corrected chi connectivity index (χ1v) is 8.78. The zero-order valence-electron chi connectivity index (χ0n) is 14.3. The van der Waals surface area contributed by atoms with Gasteiger partial charge in [0.2, 0.25) is 10.7 Å². The second kappa shape index (κ2) is 7.14. The highest BCUT2D eigenvalue weighted by Crippen LogP contribution is 2.27. The molecule has 1 aromatic heterocycles. The lowest BCUT2D eigenvalue weighted by Gasteiger charge is -2.13. The second-order valence-electron chi connectivity index (χ2n) is 5.61. The van der Waals surface area contributed by atoms with Gasteiger partial charge in [-0.25, -0.2) is 4.79 Å². The molecule has 1 atom stereocenters. The molecular formula is C16H20N4O4S. The summed E-state index contributed by atoms with van der Waals surface area (Å²) in [7, 11) is 1.52. The molecule has 134 valence electrons. The van der Waals surface area contributed by atoms with Crippen molar-refractivity contribution >= 4 is 39.2 Å². The molecule has 0 spiro atoms. The molecule has 0 unspecified atom stereocenters. The van der Waals surface area contributed by atoms with E-state index in [0.717, 1.165) is 27.3 Å². The Balaban J connectivity index is 1.88. The third-order valence-electron chi connectivity index (χ3n) is 3.92. The number of aromatic nitrogens is 1. The topological polar surface area (TPSA) is 85.2 Å². The van der Waals surface area contributed by atoms with Crippen LogP contribution >= 0.6 is 11.3 Å². The highest BCUT2D eigenvalue weighted by molar-refractivity contribution is 7.16. The maximum atomic E-state index is 12.1. The van der Waals surface area contributed by atoms with Gasteiger partial charge in [0, 0.05) is 19.2 Å². The van der Waals surface area contributed by atoms with E-state index >= 15 is 0 Å². The first-order valence-electron chi connectivity index (χ1n) is 7.96. The molecule has 8 nitrogen and oxygen atoms in total. The van der Waals surface area contributed by atoms with Crippen molar-refractivity contribution in [2.24, 2.45) is 5.16 Å². The Morgan fingerprint density at radius 3 is 3.00 bits per heavy atom. The number of hydrogen-bond donors (Lipinski definition) is 1. The first kappa shape index (κ1) is 17.3. The smallest absolute Gasteiger partial charge is 0.414 e. The summed E-state index contributed by atoms with van der Waals surface area (Å²) in [4.78, 5) is 30.4. The quantitative estimate of drug-likeness (QED) is 0.818. The minimum absolute atomic E-state index is 0.145. The number of anilines is 1. The fraction of sp³-hybridized carbons (Fsp3) is 0.438. The summed E-state index contributed by atoms with van der Waals surface area (Å²) < 4.78 is 8.37. The number of ether oxygens (including phenoxy) is 1. The number of rotatable bonds is 5. The molecule has 1 saturated heterocycles. The van der Waals surface area contributed by atoms with E-state index in [0.29, 0.717) is 13.1 Å². The van der Waals surface area contributed by atoms with Crippen molar-refractivity contribution in [3.05, 3.63) is 23.0 Å². The summed E-state index contributed by atoms with van der Waals surface area (Å²) in [6.07, 6.45) is -0.758. The van der Waals surface area contributed by atoms with E-state index in [9.17, 15) is 9.59 Å². The first-order chi connectivity index (χ1) is 12.0. The highest BCUT2D eigenvalue weighted by atomic mass is 32.1. The van der Waals surface area contributed by atoms with E-state index in [2.05, 4.69) is 15.0 Å². The molecule has 0 radical (unpaired) electrons. The molecule has 3 rings (SSSR count). The van der Waals surface area contributed by atoms with Gasteiger partial charge in [-0.05, 0) is 25.1 Å². The number of benzene rings is 1. The average molecular weight is 364 g/mol. The Morgan fingerprint density at radius 2 is 2.32 bits per heavy atom. The van der Waals surface area contributed by atoms with Crippen LogP contribution in [0.5, 0.6) is 0 Å². The van der Waals surface area contributed by atoms with Crippen molar-refractivity contribution in [1.82, 2.24) is 9.88 Å². The Labute approximate surface area is 148 Å². The number of nitrogens with zero attached hydrogens (tertiary/aromatic N) is 3. The number of nitrogens with one attached hydrogen (secondary N) is 1. The Kier molecular flexibility index (Phi) is 4.93. The van der Waals surface area contributed by atoms with E-state index < -0.39 is 6.09 Å². The largest absolute Gasteiger partial charge is 0.442 e. The van der Waals surface area contributed by atoms with Gasteiger partial charge in [0.05, 0.1) is 23.3 Å². The summed E-state index contributed by atoms with van der Waals surface area (Å²) >= 11 is 1.50. The van der Waals surface area contributed by atoms with Gasteiger partial charge < -0.3 is 19.5 Å². The maximum absolute atomic E-state index is 12.1. The lowest BCUT2D eigenvalue weighted by atomic mass is 10.2. The normalized spacial score (nSPS) is 17.9. The highest BCUT2D eigenvalue weighted by Gasteiger charge is 2.32. The molecule has 2 aromatic rings. The van der Waals surface area contributed by atoms with Crippen molar-refractivity contribution < 1.29 is 19.2 Å². The summed E-state index contributed by atoms with van der Waals surface area (Å²) in [6, 6.07) is 5.80. The van der Waals surface area contributed by atoms with E-state index in [1.165, 1.54) is 25.4 Å². The number of aryl methyl sites for hydroxylation is 1. The van der Waals surface area contributed by atoms with Gasteiger partial charge in [-0.15, -0.1) is 0 Å². The molecule has 1 aliphatic rings. The van der Waals surface area contributed by atoms with Gasteiger partial charge in [-0.1, -0.05) is 16.5 Å². The number of carbonyl (C=O) groups excluding carboxylic acids is 2. The SMILES string of the molecule is CCn1/c(=N\OC)sc2cc(N3C[C@H](CNC(C)=O)OC3=O)ccc21. The van der Waals surface area contributed by atoms with Gasteiger partial charge in [-0.3, -0.25) is 9.69 Å². The second-order valence-corrected chi connectivity index (χ2v) is 6.62. The van der Waals surface area contributed by atoms with Crippen molar-refractivity contribution in [3.63, 3.8) is 0 Å². The Hall–Kier alpha value is -2.55. The van der Waals surface area contributed by atoms with Crippen LogP contribution in [-0.2, 0) is 20.9 Å². The van der Waals surface area contributed by atoms with E-state index in [1.807, 2.05) is 25.1 Å². The number of fused-ring (bicyclic) bond motifs is 1. The number of cyclic esters (lactones) is 1. The van der Waals surface area contributed by atoms with Crippen molar-refractivity contribution in [1.29, 1.82) is 0 Å². The minimum Gasteiger partial charge on any atom is -0.442 e. The monoisotopic (exact) mass is 364 g/mol. The third-order valence-corrected chi connectivity index (χ3v) is 4.94. The minimum atomic E-state index is -0.406. The van der Waals surface area contributed by atoms with Gasteiger partial charge in [-0.2, -0.15) is 0 Å². The van der Waals surface area contributed by atoms with Crippen molar-refractivity contribution in [2.45, 2.75) is 26.5 Å². The lowest BCUT2D eigenvalue weighted by molar-refractivity contribution is -0.119. The van der Waals surface area contributed by atoms with E-state index in [-0.39, 0.29) is 12.0 Å². The predicted molar refractivity (Wildman–Crippen MR) is 94.4 cm³/mol. The fourth-order valence-corrected chi connectivity index (χ4v) is 3.89. The van der Waals surface area contributed by atoms with Crippen molar-refractivity contribution in [3.8, 4) is 0 Å². The molecule has 0 bridgehead atoms. The molecule has 0 aliphatic carbocycles. The van der Waals surface area contributed by atoms with Crippen LogP contribution in [0.1, 0.15) is 13.8 Å². The molecule has 2 heterocycles. The average Bonchev–Trinajstić information content (AvgIpc) is 3.12. The van der Waals surface area contributed by atoms with Crippen molar-refractivity contribution in [2.75, 3.05) is 25.1 Å². The third kappa shape index (κ3) is 3.46. The molecule has 1 aromatic carbocycles. The molecule has 25 heavy (non-hydrogen) atoms. The fourth-order valence-electron chi connectivity index (χ4n) is 2.78. The summed E-state index contributed by atoms with van der Waals surface area (Å²) in [6.45, 7) is 4.96. The molecule has 9 heteroatoms. The molecular weight excluding hydrogens is 344 g/mol. The predicted octanol–water partition coefficient (Wildman–Crippen LogP) is 1.65. The maximum Gasteiger partial charge on any atom is 0.414 e. The van der Waals surface area contributed by atoms with Crippen LogP contribution in [0.2, 0.25) is 0 Å². The van der Waals surface area contributed by atoms with Gasteiger partial charge in [0.25, 0.3) is 0 Å². The van der Waals surface area contributed by atoms with Crippen LogP contribution in [0.3, 0.4) is 0 Å². The zero-order valence-corrected chi connectivity index (χ0v) is 15.1. The van der Waals surface area contributed by atoms with Crippen LogP contribution in [0.25, 0.3) is 10.2 Å². The Bertz CT molecular complexity index is 873. The molecule has 2 amide bonds. The molecule has 1 aliphatic heterocycles. The zero-order chi connectivity index (χ0) is 18.0. The van der Waals surface area contributed by atoms with Crippen LogP contribution < -0.4 is 15.0 Å².